The molecule has 1 aromatic carbocycles. The molecule has 0 atom stereocenters. The van der Waals surface area contributed by atoms with Gasteiger partial charge in [-0.15, -0.1) is 0 Å². The number of aromatic nitrogens is 2. The topological polar surface area (TPSA) is 64.0 Å². The van der Waals surface area contributed by atoms with Gasteiger partial charge in [-0.05, 0) is 36.3 Å². The van der Waals surface area contributed by atoms with Crippen LogP contribution in [0.15, 0.2) is 71.9 Å². The van der Waals surface area contributed by atoms with Crippen LogP contribution in [0.2, 0.25) is 0 Å². The Balaban J connectivity index is 2.29. The molecule has 3 aromatic rings. The van der Waals surface area contributed by atoms with Gasteiger partial charge in [-0.1, -0.05) is 30.2 Å². The lowest BCUT2D eigenvalue weighted by Gasteiger charge is -2.10. The van der Waals surface area contributed by atoms with Crippen LogP contribution in [0.3, 0.4) is 0 Å². The third kappa shape index (κ3) is 3.04. The predicted molar refractivity (Wildman–Crippen MR) is 89.5 cm³/mol. The number of nitrogens with zero attached hydrogens (tertiary/aromatic N) is 2. The molecular weight excluding hydrogens is 310 g/mol. The molecule has 2 aromatic heterocycles. The number of hydrogen-bond acceptors (Lipinski definition) is 4. The zero-order valence-electron chi connectivity index (χ0n) is 19.8. The van der Waals surface area contributed by atoms with Crippen molar-refractivity contribution in [2.45, 2.75) is 11.4 Å². The summed E-state index contributed by atoms with van der Waals surface area (Å²) >= 11 is 0. The Hall–Kier alpha value is -2.44. The second-order valence-electron chi connectivity index (χ2n) is 4.58. The Labute approximate surface area is 146 Å². The summed E-state index contributed by atoms with van der Waals surface area (Å²) in [6.45, 7) is -2.72. The summed E-state index contributed by atoms with van der Waals surface area (Å²) in [5.41, 5.74) is -0.285. The molecule has 3 rings (SSSR count). The maximum Gasteiger partial charge on any atom is 0.269 e. The summed E-state index contributed by atoms with van der Waals surface area (Å²) in [5.74, 6) is 0. The van der Waals surface area contributed by atoms with E-state index in [1.807, 2.05) is 0 Å². The molecule has 0 spiro atoms. The molecule has 0 saturated heterocycles. The SMILES string of the molecule is [2H]c1c([2H])c([2H])c(-c2cc(CNC([2H])([2H])[2H])cn2S(=O)(=O)c2cccnc2)c([2H])c1[2H]. The Morgan fingerprint density at radius 2 is 2.17 bits per heavy atom. The second-order valence-corrected chi connectivity index (χ2v) is 6.39. The molecule has 2 heterocycles. The van der Waals surface area contributed by atoms with Crippen molar-refractivity contribution in [2.24, 2.45) is 0 Å². The minimum Gasteiger partial charge on any atom is -0.316 e. The molecule has 0 aliphatic heterocycles. The van der Waals surface area contributed by atoms with Gasteiger partial charge in [0, 0.05) is 29.2 Å². The summed E-state index contributed by atoms with van der Waals surface area (Å²) in [6, 6.07) is 0.974. The quantitative estimate of drug-likeness (QED) is 0.778. The number of nitrogens with one attached hydrogen (secondary N) is 1. The van der Waals surface area contributed by atoms with Crippen LogP contribution in [0.25, 0.3) is 11.3 Å². The zero-order chi connectivity index (χ0) is 23.1. The lowest BCUT2D eigenvalue weighted by atomic mass is 10.1. The first-order chi connectivity index (χ1) is 14.3. The number of rotatable bonds is 5. The third-order valence-electron chi connectivity index (χ3n) is 3.08. The van der Waals surface area contributed by atoms with Crippen LogP contribution in [0, 0.1) is 0 Å². The first-order valence-corrected chi connectivity index (χ1v) is 7.98. The van der Waals surface area contributed by atoms with E-state index in [-0.39, 0.29) is 28.3 Å². The fourth-order valence-electron chi connectivity index (χ4n) is 2.07. The van der Waals surface area contributed by atoms with Gasteiger partial charge in [0.1, 0.15) is 4.90 Å². The van der Waals surface area contributed by atoms with Crippen molar-refractivity contribution in [2.75, 3.05) is 6.98 Å². The van der Waals surface area contributed by atoms with Crippen LogP contribution in [-0.4, -0.2) is 24.4 Å². The Morgan fingerprint density at radius 3 is 2.87 bits per heavy atom. The molecule has 0 radical (unpaired) electrons. The van der Waals surface area contributed by atoms with E-state index in [1.54, 1.807) is 0 Å². The Bertz CT molecular complexity index is 1210. The predicted octanol–water partition coefficient (Wildman–Crippen LogP) is 2.51. The summed E-state index contributed by atoms with van der Waals surface area (Å²) in [6.07, 6.45) is 3.65. The third-order valence-corrected chi connectivity index (χ3v) is 4.74. The first kappa shape index (κ1) is 8.42. The van der Waals surface area contributed by atoms with Gasteiger partial charge in [-0.2, -0.15) is 0 Å². The fourth-order valence-corrected chi connectivity index (χ4v) is 3.42. The van der Waals surface area contributed by atoms with Crippen molar-refractivity contribution in [1.29, 1.82) is 0 Å². The fraction of sp³-hybridized carbons (Fsp3) is 0.118. The highest BCUT2D eigenvalue weighted by Crippen LogP contribution is 2.26. The molecule has 0 saturated carbocycles. The van der Waals surface area contributed by atoms with Crippen molar-refractivity contribution in [3.63, 3.8) is 0 Å². The van der Waals surface area contributed by atoms with Crippen LogP contribution < -0.4 is 5.32 Å². The van der Waals surface area contributed by atoms with E-state index in [2.05, 4.69) is 10.3 Å². The van der Waals surface area contributed by atoms with E-state index in [4.69, 9.17) is 11.0 Å². The molecule has 0 unspecified atom stereocenters. The molecule has 1 N–H and O–H groups in total. The smallest absolute Gasteiger partial charge is 0.269 e. The van der Waals surface area contributed by atoms with E-state index >= 15 is 0 Å². The summed E-state index contributed by atoms with van der Waals surface area (Å²) < 4.78 is 89.0. The van der Waals surface area contributed by atoms with Gasteiger partial charge < -0.3 is 5.32 Å². The lowest BCUT2D eigenvalue weighted by molar-refractivity contribution is 0.587. The molecule has 0 aliphatic carbocycles. The number of hydrogen-bond donors (Lipinski definition) is 1. The minimum atomic E-state index is -4.27. The highest BCUT2D eigenvalue weighted by molar-refractivity contribution is 7.90. The molecule has 0 amide bonds. The zero-order valence-corrected chi connectivity index (χ0v) is 12.6. The van der Waals surface area contributed by atoms with Gasteiger partial charge in [0.2, 0.25) is 0 Å². The second kappa shape index (κ2) is 6.36. The van der Waals surface area contributed by atoms with Crippen LogP contribution >= 0.6 is 0 Å². The van der Waals surface area contributed by atoms with Crippen LogP contribution in [0.1, 0.15) is 16.5 Å². The normalized spacial score (nSPS) is 17.0. The van der Waals surface area contributed by atoms with Crippen LogP contribution in [-0.2, 0) is 16.6 Å². The molecule has 5 nitrogen and oxygen atoms in total. The van der Waals surface area contributed by atoms with Crippen LogP contribution in [0.4, 0.5) is 0 Å². The van der Waals surface area contributed by atoms with Crippen molar-refractivity contribution in [3.05, 3.63) is 72.6 Å². The lowest BCUT2D eigenvalue weighted by Crippen LogP contribution is -2.13. The minimum absolute atomic E-state index is 0.186. The molecular formula is C17H17N3O2S. The van der Waals surface area contributed by atoms with Gasteiger partial charge in [0.25, 0.3) is 10.0 Å². The van der Waals surface area contributed by atoms with Crippen molar-refractivity contribution >= 4 is 10.0 Å². The summed E-state index contributed by atoms with van der Waals surface area (Å²) in [7, 11) is -4.27. The molecule has 23 heavy (non-hydrogen) atoms. The molecule has 0 aliphatic rings. The van der Waals surface area contributed by atoms with Gasteiger partial charge in [-0.25, -0.2) is 12.4 Å². The van der Waals surface area contributed by atoms with E-state index in [0.717, 1.165) is 16.4 Å². The standard InChI is InChI=1S/C17H17N3O2S/c1-18-11-14-10-17(15-6-3-2-4-7-15)20(13-14)23(21,22)16-8-5-9-19-12-16/h2-10,12-13,18H,11H2,1H3/i1D3,2D,3D,4D,6D,7D. The molecule has 0 bridgehead atoms. The van der Waals surface area contributed by atoms with Crippen molar-refractivity contribution in [1.82, 2.24) is 14.3 Å². The highest BCUT2D eigenvalue weighted by Gasteiger charge is 2.21. The van der Waals surface area contributed by atoms with Crippen LogP contribution in [0.5, 0.6) is 0 Å². The molecule has 0 fully saturated rings. The Morgan fingerprint density at radius 1 is 1.35 bits per heavy atom. The van der Waals surface area contributed by atoms with Crippen molar-refractivity contribution in [3.8, 4) is 11.3 Å². The van der Waals surface area contributed by atoms with E-state index < -0.39 is 47.2 Å². The summed E-state index contributed by atoms with van der Waals surface area (Å²) in [5, 5.41) is 2.26. The highest BCUT2D eigenvalue weighted by atomic mass is 32.2. The van der Waals surface area contributed by atoms with E-state index in [1.165, 1.54) is 24.4 Å². The molecule has 118 valence electrons. The monoisotopic (exact) mass is 335 g/mol. The summed E-state index contributed by atoms with van der Waals surface area (Å²) in [4.78, 5) is 3.61. The van der Waals surface area contributed by atoms with Gasteiger partial charge in [-0.3, -0.25) is 4.98 Å². The number of pyridine rings is 1. The Kier molecular flexibility index (Phi) is 2.33. The molecule has 6 heteroatoms. The maximum absolute atomic E-state index is 13.2. The van der Waals surface area contributed by atoms with E-state index in [0.29, 0.717) is 0 Å². The average Bonchev–Trinajstić information content (AvgIpc) is 3.14. The van der Waals surface area contributed by atoms with Gasteiger partial charge in [0.15, 0.2) is 0 Å². The van der Waals surface area contributed by atoms with Gasteiger partial charge in [0.05, 0.1) is 12.5 Å². The maximum atomic E-state index is 13.2. The first-order valence-electron chi connectivity index (χ1n) is 10.5. The number of benzene rings is 1. The average molecular weight is 335 g/mol. The van der Waals surface area contributed by atoms with Gasteiger partial charge >= 0.3 is 0 Å². The van der Waals surface area contributed by atoms with Crippen molar-refractivity contribution < 1.29 is 19.4 Å². The largest absolute Gasteiger partial charge is 0.316 e. The van der Waals surface area contributed by atoms with E-state index in [9.17, 15) is 8.42 Å².